The van der Waals surface area contributed by atoms with Crippen LogP contribution in [0.5, 0.6) is 11.5 Å². The summed E-state index contributed by atoms with van der Waals surface area (Å²) >= 11 is 0. The number of nitrogens with zero attached hydrogens (tertiary/aromatic N) is 2. The van der Waals surface area contributed by atoms with Gasteiger partial charge in [-0.15, -0.1) is 10.2 Å². The zero-order chi connectivity index (χ0) is 13.1. The second kappa shape index (κ2) is 5.05. The normalized spacial score (nSPS) is 12.2. The van der Waals surface area contributed by atoms with Crippen molar-refractivity contribution in [3.05, 3.63) is 35.5 Å². The topological polar surface area (TPSA) is 83.4 Å². The van der Waals surface area contributed by atoms with Crippen LogP contribution >= 0.6 is 0 Å². The first-order valence-corrected chi connectivity index (χ1v) is 5.43. The Labute approximate surface area is 105 Å². The Hall–Kier alpha value is -2.08. The third-order valence-corrected chi connectivity index (χ3v) is 2.58. The molecule has 0 fully saturated rings. The summed E-state index contributed by atoms with van der Waals surface area (Å²) in [4.78, 5) is 0. The number of ether oxygens (including phenoxy) is 2. The third-order valence-electron chi connectivity index (χ3n) is 2.58. The molecule has 1 aromatic carbocycles. The Balaban J connectivity index is 2.41. The smallest absolute Gasteiger partial charge is 0.237 e. The standard InChI is InChI=1S/C12H15N3O3/c1-7-14-15-12(18-7)11(13)9-6-8(16-2)4-5-10(9)17-3/h4-6,11H,13H2,1-3H3. The molecule has 6 nitrogen and oxygen atoms in total. The molecule has 1 heterocycles. The van der Waals surface area contributed by atoms with E-state index in [0.29, 0.717) is 23.3 Å². The fourth-order valence-corrected chi connectivity index (χ4v) is 1.65. The molecule has 1 unspecified atom stereocenters. The van der Waals surface area contributed by atoms with Crippen LogP contribution in [0.25, 0.3) is 0 Å². The van der Waals surface area contributed by atoms with Crippen molar-refractivity contribution < 1.29 is 13.9 Å². The molecule has 0 aliphatic rings. The van der Waals surface area contributed by atoms with Gasteiger partial charge >= 0.3 is 0 Å². The minimum Gasteiger partial charge on any atom is -0.497 e. The zero-order valence-electron chi connectivity index (χ0n) is 10.5. The Morgan fingerprint density at radius 1 is 1.22 bits per heavy atom. The molecule has 18 heavy (non-hydrogen) atoms. The number of rotatable bonds is 4. The maximum absolute atomic E-state index is 6.10. The van der Waals surface area contributed by atoms with E-state index in [0.717, 1.165) is 5.56 Å². The van der Waals surface area contributed by atoms with Crippen LogP contribution in [0.4, 0.5) is 0 Å². The van der Waals surface area contributed by atoms with Crippen molar-refractivity contribution in [1.29, 1.82) is 0 Å². The Morgan fingerprint density at radius 3 is 2.56 bits per heavy atom. The molecule has 2 rings (SSSR count). The van der Waals surface area contributed by atoms with Crippen molar-refractivity contribution in [2.45, 2.75) is 13.0 Å². The fourth-order valence-electron chi connectivity index (χ4n) is 1.65. The van der Waals surface area contributed by atoms with Gasteiger partial charge in [-0.2, -0.15) is 0 Å². The summed E-state index contributed by atoms with van der Waals surface area (Å²) in [6.07, 6.45) is 0. The summed E-state index contributed by atoms with van der Waals surface area (Å²) in [5.74, 6) is 2.16. The molecule has 0 saturated heterocycles. The lowest BCUT2D eigenvalue weighted by Gasteiger charge is -2.13. The molecule has 6 heteroatoms. The highest BCUT2D eigenvalue weighted by Crippen LogP contribution is 2.31. The van der Waals surface area contributed by atoms with E-state index < -0.39 is 6.04 Å². The monoisotopic (exact) mass is 249 g/mol. The van der Waals surface area contributed by atoms with Gasteiger partial charge in [-0.1, -0.05) is 0 Å². The van der Waals surface area contributed by atoms with Crippen LogP contribution in [0.15, 0.2) is 22.6 Å². The van der Waals surface area contributed by atoms with Crippen LogP contribution in [0, 0.1) is 6.92 Å². The molecule has 2 N–H and O–H groups in total. The zero-order valence-corrected chi connectivity index (χ0v) is 10.5. The summed E-state index contributed by atoms with van der Waals surface area (Å²) in [7, 11) is 3.17. The van der Waals surface area contributed by atoms with Gasteiger partial charge in [0.2, 0.25) is 11.8 Å². The average molecular weight is 249 g/mol. The van der Waals surface area contributed by atoms with Crippen LogP contribution in [0.3, 0.4) is 0 Å². The molecular formula is C12H15N3O3. The maximum atomic E-state index is 6.10. The minimum atomic E-state index is -0.545. The van der Waals surface area contributed by atoms with Gasteiger partial charge in [0.25, 0.3) is 0 Å². The van der Waals surface area contributed by atoms with Crippen LogP contribution in [0.2, 0.25) is 0 Å². The molecule has 96 valence electrons. The predicted molar refractivity (Wildman–Crippen MR) is 64.6 cm³/mol. The van der Waals surface area contributed by atoms with E-state index in [-0.39, 0.29) is 0 Å². The second-order valence-corrected chi connectivity index (χ2v) is 3.74. The third kappa shape index (κ3) is 2.28. The molecule has 0 spiro atoms. The predicted octanol–water partition coefficient (Wildman–Crippen LogP) is 1.44. The largest absolute Gasteiger partial charge is 0.497 e. The van der Waals surface area contributed by atoms with Gasteiger partial charge < -0.3 is 19.6 Å². The molecule has 2 aromatic rings. The van der Waals surface area contributed by atoms with Crippen LogP contribution in [0.1, 0.15) is 23.4 Å². The molecule has 0 radical (unpaired) electrons. The van der Waals surface area contributed by atoms with Crippen molar-refractivity contribution in [1.82, 2.24) is 10.2 Å². The number of hydrogen-bond acceptors (Lipinski definition) is 6. The van der Waals surface area contributed by atoms with Crippen molar-refractivity contribution in [2.24, 2.45) is 5.73 Å². The number of benzene rings is 1. The van der Waals surface area contributed by atoms with Crippen LogP contribution < -0.4 is 15.2 Å². The van der Waals surface area contributed by atoms with E-state index in [4.69, 9.17) is 19.6 Å². The Morgan fingerprint density at radius 2 is 2.00 bits per heavy atom. The van der Waals surface area contributed by atoms with Gasteiger partial charge in [0.05, 0.1) is 14.2 Å². The highest BCUT2D eigenvalue weighted by atomic mass is 16.5. The molecule has 1 atom stereocenters. The molecule has 0 saturated carbocycles. The Bertz CT molecular complexity index is 539. The summed E-state index contributed by atoms with van der Waals surface area (Å²) < 4.78 is 15.8. The average Bonchev–Trinajstić information content (AvgIpc) is 2.83. The Kier molecular flexibility index (Phi) is 3.47. The van der Waals surface area contributed by atoms with Gasteiger partial charge in [0, 0.05) is 12.5 Å². The van der Waals surface area contributed by atoms with Crippen molar-refractivity contribution in [3.8, 4) is 11.5 Å². The van der Waals surface area contributed by atoms with E-state index in [9.17, 15) is 0 Å². The quantitative estimate of drug-likeness (QED) is 0.882. The SMILES string of the molecule is COc1ccc(OC)c(C(N)c2nnc(C)o2)c1. The van der Waals surface area contributed by atoms with E-state index in [1.54, 1.807) is 39.3 Å². The lowest BCUT2D eigenvalue weighted by Crippen LogP contribution is -2.13. The lowest BCUT2D eigenvalue weighted by atomic mass is 10.1. The first-order valence-electron chi connectivity index (χ1n) is 5.43. The summed E-state index contributed by atoms with van der Waals surface area (Å²) in [5.41, 5.74) is 6.83. The van der Waals surface area contributed by atoms with E-state index in [1.807, 2.05) is 0 Å². The van der Waals surface area contributed by atoms with Crippen molar-refractivity contribution in [2.75, 3.05) is 14.2 Å². The first kappa shape index (κ1) is 12.4. The second-order valence-electron chi connectivity index (χ2n) is 3.74. The molecule has 0 aliphatic carbocycles. The maximum Gasteiger partial charge on any atom is 0.237 e. The number of aromatic nitrogens is 2. The van der Waals surface area contributed by atoms with Gasteiger partial charge in [-0.3, -0.25) is 0 Å². The minimum absolute atomic E-state index is 0.346. The molecule has 0 bridgehead atoms. The van der Waals surface area contributed by atoms with Crippen molar-refractivity contribution >= 4 is 0 Å². The van der Waals surface area contributed by atoms with E-state index in [1.165, 1.54) is 0 Å². The summed E-state index contributed by atoms with van der Waals surface area (Å²) in [5, 5.41) is 7.68. The van der Waals surface area contributed by atoms with Crippen molar-refractivity contribution in [3.63, 3.8) is 0 Å². The number of methoxy groups -OCH3 is 2. The highest BCUT2D eigenvalue weighted by molar-refractivity contribution is 5.43. The van der Waals surface area contributed by atoms with Gasteiger partial charge in [-0.25, -0.2) is 0 Å². The number of nitrogens with two attached hydrogens (primary N) is 1. The van der Waals surface area contributed by atoms with Gasteiger partial charge in [-0.05, 0) is 18.2 Å². The highest BCUT2D eigenvalue weighted by Gasteiger charge is 2.20. The molecule has 0 aliphatic heterocycles. The van der Waals surface area contributed by atoms with Gasteiger partial charge in [0.15, 0.2) is 0 Å². The van der Waals surface area contributed by atoms with Gasteiger partial charge in [0.1, 0.15) is 17.5 Å². The first-order chi connectivity index (χ1) is 8.65. The lowest BCUT2D eigenvalue weighted by molar-refractivity contribution is 0.390. The summed E-state index contributed by atoms with van der Waals surface area (Å²) in [6.45, 7) is 1.71. The van der Waals surface area contributed by atoms with E-state index >= 15 is 0 Å². The molecular weight excluding hydrogens is 234 g/mol. The van der Waals surface area contributed by atoms with E-state index in [2.05, 4.69) is 10.2 Å². The number of aryl methyl sites for hydroxylation is 1. The molecule has 0 amide bonds. The number of hydrogen-bond donors (Lipinski definition) is 1. The van der Waals surface area contributed by atoms with Crippen LogP contribution in [-0.4, -0.2) is 24.4 Å². The van der Waals surface area contributed by atoms with Crippen LogP contribution in [-0.2, 0) is 0 Å². The molecule has 1 aromatic heterocycles. The fraction of sp³-hybridized carbons (Fsp3) is 0.333. The summed E-state index contributed by atoms with van der Waals surface area (Å²) in [6, 6.07) is 4.84.